The number of amides is 1. The number of aromatic nitrogens is 2. The fraction of sp³-hybridized carbons (Fsp3) is 0.842. The highest BCUT2D eigenvalue weighted by atomic mass is 35.5. The maximum Gasteiger partial charge on any atom is 0.229 e. The molecule has 4 rings (SSSR count). The van der Waals surface area contributed by atoms with E-state index in [0.717, 1.165) is 32.2 Å². The van der Waals surface area contributed by atoms with Gasteiger partial charge >= 0.3 is 0 Å². The average Bonchev–Trinajstić information content (AvgIpc) is 3.23. The summed E-state index contributed by atoms with van der Waals surface area (Å²) in [7, 11) is 0. The Morgan fingerprint density at radius 1 is 1.19 bits per heavy atom. The smallest absolute Gasteiger partial charge is 0.229 e. The Morgan fingerprint density at radius 2 is 1.88 bits per heavy atom. The Hall–Kier alpha value is -1.14. The summed E-state index contributed by atoms with van der Waals surface area (Å²) in [5, 5.41) is 4.17. The molecule has 1 saturated heterocycles. The van der Waals surface area contributed by atoms with Crippen molar-refractivity contribution in [1.82, 2.24) is 15.0 Å². The number of hydrogen-bond donors (Lipinski definition) is 1. The van der Waals surface area contributed by atoms with E-state index < -0.39 is 0 Å². The number of nitrogens with zero attached hydrogens (tertiary/aromatic N) is 3. The molecule has 3 unspecified atom stereocenters. The number of halogens is 1. The van der Waals surface area contributed by atoms with Crippen molar-refractivity contribution in [3.63, 3.8) is 0 Å². The van der Waals surface area contributed by atoms with Crippen molar-refractivity contribution in [3.8, 4) is 0 Å². The lowest BCUT2D eigenvalue weighted by molar-refractivity contribution is -0.139. The first-order valence-corrected chi connectivity index (χ1v) is 9.94. The number of nitrogens with two attached hydrogens (primary N) is 1. The Balaban J connectivity index is 0.00000196. The van der Waals surface area contributed by atoms with Crippen molar-refractivity contribution >= 4 is 18.3 Å². The molecule has 2 saturated carbocycles. The van der Waals surface area contributed by atoms with E-state index in [2.05, 4.69) is 10.1 Å². The maximum atomic E-state index is 13.3. The van der Waals surface area contributed by atoms with E-state index in [9.17, 15) is 4.79 Å². The average molecular weight is 383 g/mol. The molecule has 1 amide bonds. The summed E-state index contributed by atoms with van der Waals surface area (Å²) in [5.74, 6) is 3.04. The van der Waals surface area contributed by atoms with Crippen LogP contribution in [0.3, 0.4) is 0 Å². The van der Waals surface area contributed by atoms with Crippen molar-refractivity contribution < 1.29 is 9.32 Å². The molecule has 3 atom stereocenters. The van der Waals surface area contributed by atoms with Crippen molar-refractivity contribution in [2.75, 3.05) is 6.54 Å². The first-order chi connectivity index (χ1) is 12.0. The van der Waals surface area contributed by atoms with Gasteiger partial charge in [0.1, 0.15) is 0 Å². The lowest BCUT2D eigenvalue weighted by Crippen LogP contribution is -2.49. The molecular weight excluding hydrogens is 352 g/mol. The number of rotatable bonds is 3. The molecule has 1 aromatic rings. The predicted molar refractivity (Wildman–Crippen MR) is 101 cm³/mol. The van der Waals surface area contributed by atoms with Crippen molar-refractivity contribution in [1.29, 1.82) is 0 Å². The highest BCUT2D eigenvalue weighted by molar-refractivity contribution is 5.85. The summed E-state index contributed by atoms with van der Waals surface area (Å²) in [6, 6.07) is 0.289. The number of carbonyl (C=O) groups is 1. The molecule has 3 aliphatic rings. The predicted octanol–water partition coefficient (Wildman–Crippen LogP) is 3.43. The van der Waals surface area contributed by atoms with Gasteiger partial charge in [-0.15, -0.1) is 12.4 Å². The first kappa shape index (κ1) is 19.6. The molecule has 1 aromatic heterocycles. The van der Waals surface area contributed by atoms with Crippen LogP contribution in [-0.2, 0) is 4.79 Å². The molecule has 3 fully saturated rings. The van der Waals surface area contributed by atoms with Gasteiger partial charge in [-0.3, -0.25) is 4.79 Å². The monoisotopic (exact) mass is 382 g/mol. The number of hydrogen-bond acceptors (Lipinski definition) is 5. The Morgan fingerprint density at radius 3 is 2.50 bits per heavy atom. The van der Waals surface area contributed by atoms with E-state index in [4.69, 9.17) is 10.3 Å². The van der Waals surface area contributed by atoms with Crippen LogP contribution >= 0.6 is 12.4 Å². The molecular formula is C19H31ClN4O2. The van der Waals surface area contributed by atoms with Gasteiger partial charge in [-0.2, -0.15) is 4.98 Å². The van der Waals surface area contributed by atoms with Crippen LogP contribution in [0.2, 0.25) is 0 Å². The van der Waals surface area contributed by atoms with Gasteiger partial charge in [0.15, 0.2) is 5.82 Å². The minimum atomic E-state index is -0.0146. The van der Waals surface area contributed by atoms with Gasteiger partial charge in [0.05, 0.1) is 6.04 Å². The zero-order valence-electron chi connectivity index (χ0n) is 15.8. The van der Waals surface area contributed by atoms with Gasteiger partial charge in [0, 0.05) is 24.4 Å². The molecule has 7 heteroatoms. The normalized spacial score (nSPS) is 34.0. The molecule has 2 bridgehead atoms. The fourth-order valence-electron chi connectivity index (χ4n) is 5.14. The second-order valence-corrected chi connectivity index (χ2v) is 8.53. The van der Waals surface area contributed by atoms with Crippen molar-refractivity contribution in [3.05, 3.63) is 11.7 Å². The number of carbonyl (C=O) groups excluding carboxylic acids is 1. The number of likely N-dealkylation sites (tertiary alicyclic amines) is 1. The van der Waals surface area contributed by atoms with Crippen LogP contribution < -0.4 is 5.73 Å². The summed E-state index contributed by atoms with van der Waals surface area (Å²) in [6.45, 7) is 4.89. The largest absolute Gasteiger partial charge is 0.339 e. The highest BCUT2D eigenvalue weighted by Crippen LogP contribution is 2.44. The second kappa shape index (κ2) is 7.85. The van der Waals surface area contributed by atoms with Gasteiger partial charge < -0.3 is 15.2 Å². The van der Waals surface area contributed by atoms with Gasteiger partial charge in [-0.05, 0) is 50.4 Å². The zero-order chi connectivity index (χ0) is 17.6. The minimum Gasteiger partial charge on any atom is -0.339 e. The van der Waals surface area contributed by atoms with E-state index in [0.29, 0.717) is 35.5 Å². The van der Waals surface area contributed by atoms with Crippen LogP contribution in [0.15, 0.2) is 4.52 Å². The first-order valence-electron chi connectivity index (χ1n) is 9.94. The standard InChI is InChI=1S/C19H30N4O2.ClH/c1-11(2)18-21-17(22-25-18)15-7-4-8-23(15)19(24)14-9-12-5-3-6-13(10-14)16(12)20;/h11-16H,3-10,20H2,1-2H3;1H. The summed E-state index contributed by atoms with van der Waals surface area (Å²) in [4.78, 5) is 19.8. The van der Waals surface area contributed by atoms with Gasteiger partial charge in [0.25, 0.3) is 0 Å². The van der Waals surface area contributed by atoms with Crippen LogP contribution in [0.5, 0.6) is 0 Å². The Labute approximate surface area is 161 Å². The van der Waals surface area contributed by atoms with Crippen LogP contribution in [0.1, 0.15) is 82.5 Å². The molecule has 0 spiro atoms. The molecule has 0 aromatic carbocycles. The Bertz CT molecular complexity index is 621. The topological polar surface area (TPSA) is 85.2 Å². The second-order valence-electron chi connectivity index (χ2n) is 8.53. The van der Waals surface area contributed by atoms with Gasteiger partial charge in [-0.1, -0.05) is 25.4 Å². The maximum absolute atomic E-state index is 13.3. The minimum absolute atomic E-state index is 0. The zero-order valence-corrected chi connectivity index (χ0v) is 16.6. The third kappa shape index (κ3) is 3.50. The lowest BCUT2D eigenvalue weighted by atomic mass is 9.65. The fourth-order valence-corrected chi connectivity index (χ4v) is 5.14. The van der Waals surface area contributed by atoms with E-state index in [1.165, 1.54) is 19.3 Å². The van der Waals surface area contributed by atoms with Gasteiger partial charge in [0.2, 0.25) is 11.8 Å². The lowest BCUT2D eigenvalue weighted by Gasteiger charge is -2.44. The number of fused-ring (bicyclic) bond motifs is 2. The van der Waals surface area contributed by atoms with E-state index in [1.54, 1.807) is 0 Å². The molecule has 146 valence electrons. The molecule has 26 heavy (non-hydrogen) atoms. The van der Waals surface area contributed by atoms with E-state index >= 15 is 0 Å². The van der Waals surface area contributed by atoms with Crippen molar-refractivity contribution in [2.24, 2.45) is 23.5 Å². The molecule has 2 aliphatic carbocycles. The summed E-state index contributed by atoms with van der Waals surface area (Å²) < 4.78 is 5.37. The van der Waals surface area contributed by atoms with Gasteiger partial charge in [-0.25, -0.2) is 0 Å². The van der Waals surface area contributed by atoms with E-state index in [1.807, 2.05) is 18.7 Å². The van der Waals surface area contributed by atoms with Crippen LogP contribution in [-0.4, -0.2) is 33.5 Å². The third-order valence-corrected chi connectivity index (χ3v) is 6.55. The molecule has 6 nitrogen and oxygen atoms in total. The van der Waals surface area contributed by atoms with Crippen LogP contribution in [0.25, 0.3) is 0 Å². The Kier molecular flexibility index (Phi) is 5.92. The van der Waals surface area contributed by atoms with Crippen LogP contribution in [0.4, 0.5) is 0 Å². The molecule has 2 heterocycles. The molecule has 0 radical (unpaired) electrons. The molecule has 2 N–H and O–H groups in total. The van der Waals surface area contributed by atoms with Crippen molar-refractivity contribution in [2.45, 2.75) is 76.8 Å². The molecule has 1 aliphatic heterocycles. The summed E-state index contributed by atoms with van der Waals surface area (Å²) in [6.07, 6.45) is 7.52. The summed E-state index contributed by atoms with van der Waals surface area (Å²) in [5.41, 5.74) is 6.39. The summed E-state index contributed by atoms with van der Waals surface area (Å²) >= 11 is 0. The SMILES string of the molecule is CC(C)c1nc(C2CCCN2C(=O)C2CC3CCCC(C2)C3N)no1.Cl. The van der Waals surface area contributed by atoms with Crippen LogP contribution in [0, 0.1) is 17.8 Å². The third-order valence-electron chi connectivity index (χ3n) is 6.55. The quantitative estimate of drug-likeness (QED) is 0.865. The van der Waals surface area contributed by atoms with E-state index in [-0.39, 0.29) is 30.3 Å². The highest BCUT2D eigenvalue weighted by Gasteiger charge is 2.44.